The van der Waals surface area contributed by atoms with E-state index in [9.17, 15) is 18.8 Å². The van der Waals surface area contributed by atoms with Crippen molar-refractivity contribution in [1.82, 2.24) is 4.57 Å². The van der Waals surface area contributed by atoms with Gasteiger partial charge in [-0.05, 0) is 66.0 Å². The number of hydrogen-bond donors (Lipinski definition) is 2. The molecule has 29 heavy (non-hydrogen) atoms. The molecule has 1 unspecified atom stereocenters. The van der Waals surface area contributed by atoms with E-state index in [1.165, 1.54) is 22.8 Å². The van der Waals surface area contributed by atoms with Gasteiger partial charge in [-0.3, -0.25) is 9.59 Å². The molecular formula is C20H19FIN3O4. The Labute approximate surface area is 179 Å². The van der Waals surface area contributed by atoms with Gasteiger partial charge in [-0.2, -0.15) is 0 Å². The molecule has 0 radical (unpaired) electrons. The lowest BCUT2D eigenvalue weighted by Crippen LogP contribution is -2.28. The monoisotopic (exact) mass is 511 g/mol. The van der Waals surface area contributed by atoms with Crippen LogP contribution in [0.2, 0.25) is 0 Å². The van der Waals surface area contributed by atoms with Crippen molar-refractivity contribution in [3.8, 4) is 0 Å². The van der Waals surface area contributed by atoms with Crippen LogP contribution < -0.4 is 16.6 Å². The summed E-state index contributed by atoms with van der Waals surface area (Å²) in [4.78, 5) is 37.5. The van der Waals surface area contributed by atoms with Crippen LogP contribution >= 0.6 is 22.6 Å². The predicted molar refractivity (Wildman–Crippen MR) is 113 cm³/mol. The van der Waals surface area contributed by atoms with Crippen molar-refractivity contribution in [2.75, 3.05) is 11.9 Å². The van der Waals surface area contributed by atoms with Gasteiger partial charge in [-0.1, -0.05) is 0 Å². The second kappa shape index (κ2) is 7.77. The SMILES string of the molecule is NC(=O)C1CCn2c1c(C(=O)OCC1CC1)c(Nc1ccc(I)cc1F)cc2=O. The molecule has 2 heterocycles. The van der Waals surface area contributed by atoms with Gasteiger partial charge in [-0.25, -0.2) is 9.18 Å². The van der Waals surface area contributed by atoms with Gasteiger partial charge >= 0.3 is 5.97 Å². The number of primary amides is 1. The maximum Gasteiger partial charge on any atom is 0.342 e. The zero-order valence-electron chi connectivity index (χ0n) is 15.4. The smallest absolute Gasteiger partial charge is 0.342 e. The molecule has 1 atom stereocenters. The number of aromatic nitrogens is 1. The fourth-order valence-corrected chi connectivity index (χ4v) is 3.98. The van der Waals surface area contributed by atoms with Gasteiger partial charge in [0, 0.05) is 16.2 Å². The molecule has 0 spiro atoms. The highest BCUT2D eigenvalue weighted by atomic mass is 127. The number of carbonyl (C=O) groups is 2. The average molecular weight is 511 g/mol. The highest BCUT2D eigenvalue weighted by molar-refractivity contribution is 14.1. The molecule has 1 aliphatic heterocycles. The number of amides is 1. The predicted octanol–water partition coefficient (Wildman–Crippen LogP) is 2.88. The molecule has 2 aliphatic rings. The summed E-state index contributed by atoms with van der Waals surface area (Å²) in [6, 6.07) is 5.79. The van der Waals surface area contributed by atoms with E-state index in [-0.39, 0.29) is 35.8 Å². The second-order valence-corrected chi connectivity index (χ2v) is 8.59. The normalized spacial score (nSPS) is 17.7. The van der Waals surface area contributed by atoms with Crippen molar-refractivity contribution in [2.45, 2.75) is 31.7 Å². The van der Waals surface area contributed by atoms with Crippen LogP contribution in [-0.2, 0) is 16.1 Å². The topological polar surface area (TPSA) is 103 Å². The maximum atomic E-state index is 14.4. The molecule has 1 aliphatic carbocycles. The molecule has 2 aromatic rings. The Morgan fingerprint density at radius 3 is 2.66 bits per heavy atom. The molecule has 9 heteroatoms. The summed E-state index contributed by atoms with van der Waals surface area (Å²) in [6.07, 6.45) is 2.33. The zero-order valence-corrected chi connectivity index (χ0v) is 17.6. The molecule has 0 saturated heterocycles. The van der Waals surface area contributed by atoms with Gasteiger partial charge in [0.15, 0.2) is 0 Å². The zero-order chi connectivity index (χ0) is 20.7. The average Bonchev–Trinajstić information content (AvgIpc) is 3.38. The van der Waals surface area contributed by atoms with Crippen molar-refractivity contribution in [2.24, 2.45) is 11.7 Å². The Hall–Kier alpha value is -2.43. The number of hydrogen-bond acceptors (Lipinski definition) is 5. The number of anilines is 2. The molecule has 1 fully saturated rings. The third-order valence-electron chi connectivity index (χ3n) is 5.22. The molecule has 4 rings (SSSR count). The molecule has 0 bridgehead atoms. The number of esters is 1. The summed E-state index contributed by atoms with van der Waals surface area (Å²) in [6.45, 7) is 0.554. The minimum Gasteiger partial charge on any atom is -0.462 e. The van der Waals surface area contributed by atoms with E-state index in [2.05, 4.69) is 5.32 Å². The van der Waals surface area contributed by atoms with Crippen LogP contribution in [0.25, 0.3) is 0 Å². The minimum absolute atomic E-state index is 0.0597. The fraction of sp³-hybridized carbons (Fsp3) is 0.350. The van der Waals surface area contributed by atoms with E-state index >= 15 is 0 Å². The summed E-state index contributed by atoms with van der Waals surface area (Å²) >= 11 is 1.99. The number of nitrogens with zero attached hydrogens (tertiary/aromatic N) is 1. The van der Waals surface area contributed by atoms with E-state index in [4.69, 9.17) is 10.5 Å². The number of carbonyl (C=O) groups excluding carboxylic acids is 2. The lowest BCUT2D eigenvalue weighted by atomic mass is 9.98. The first-order valence-corrected chi connectivity index (χ1v) is 10.4. The fourth-order valence-electron chi connectivity index (χ4n) is 3.53. The molecular weight excluding hydrogens is 492 g/mol. The molecule has 152 valence electrons. The van der Waals surface area contributed by atoms with Crippen molar-refractivity contribution in [1.29, 1.82) is 0 Å². The first kappa shape index (κ1) is 19.9. The van der Waals surface area contributed by atoms with Gasteiger partial charge in [0.05, 0.1) is 29.6 Å². The van der Waals surface area contributed by atoms with Gasteiger partial charge in [0.2, 0.25) is 5.91 Å². The molecule has 1 amide bonds. The number of pyridine rings is 1. The van der Waals surface area contributed by atoms with E-state index < -0.39 is 29.2 Å². The maximum absolute atomic E-state index is 14.4. The standard InChI is InChI=1S/C20H19FIN3O4/c21-13-7-11(22)3-4-14(13)24-15-8-16(26)25-6-5-12(19(23)27)18(25)17(15)20(28)29-9-10-1-2-10/h3-4,7-8,10,12,24H,1-2,5-6,9H2,(H2,23,27). The van der Waals surface area contributed by atoms with Gasteiger partial charge in [0.25, 0.3) is 5.56 Å². The highest BCUT2D eigenvalue weighted by Crippen LogP contribution is 2.36. The van der Waals surface area contributed by atoms with Gasteiger partial charge in [-0.15, -0.1) is 0 Å². The third-order valence-corrected chi connectivity index (χ3v) is 5.89. The van der Waals surface area contributed by atoms with Crippen LogP contribution in [0.15, 0.2) is 29.1 Å². The van der Waals surface area contributed by atoms with Crippen molar-refractivity contribution >= 4 is 45.8 Å². The van der Waals surface area contributed by atoms with Crippen molar-refractivity contribution in [3.05, 3.63) is 55.3 Å². The van der Waals surface area contributed by atoms with Crippen LogP contribution in [0, 0.1) is 15.3 Å². The number of nitrogens with one attached hydrogen (secondary N) is 1. The lowest BCUT2D eigenvalue weighted by Gasteiger charge is -2.18. The Morgan fingerprint density at radius 2 is 2.00 bits per heavy atom. The minimum atomic E-state index is -0.783. The highest BCUT2D eigenvalue weighted by Gasteiger charge is 2.36. The van der Waals surface area contributed by atoms with Crippen molar-refractivity contribution in [3.63, 3.8) is 0 Å². The molecule has 1 aromatic carbocycles. The van der Waals surface area contributed by atoms with Crippen molar-refractivity contribution < 1.29 is 18.7 Å². The number of fused-ring (bicyclic) bond motifs is 1. The van der Waals surface area contributed by atoms with Gasteiger partial charge in [0.1, 0.15) is 11.4 Å². The Kier molecular flexibility index (Phi) is 5.32. The number of nitrogens with two attached hydrogens (primary N) is 1. The quantitative estimate of drug-likeness (QED) is 0.459. The van der Waals surface area contributed by atoms with E-state index in [1.54, 1.807) is 6.07 Å². The second-order valence-electron chi connectivity index (χ2n) is 7.34. The summed E-state index contributed by atoms with van der Waals surface area (Å²) in [5.74, 6) is -2.24. The van der Waals surface area contributed by atoms with Crippen LogP contribution in [0.1, 0.15) is 41.2 Å². The first-order valence-electron chi connectivity index (χ1n) is 9.31. The Balaban J connectivity index is 1.81. The number of halogens is 2. The lowest BCUT2D eigenvalue weighted by molar-refractivity contribution is -0.119. The Bertz CT molecular complexity index is 1060. The molecule has 1 aromatic heterocycles. The largest absolute Gasteiger partial charge is 0.462 e. The van der Waals surface area contributed by atoms with E-state index in [1.807, 2.05) is 22.6 Å². The summed E-state index contributed by atoms with van der Waals surface area (Å²) in [5, 5.41) is 2.84. The Morgan fingerprint density at radius 1 is 1.24 bits per heavy atom. The molecule has 1 saturated carbocycles. The number of rotatable bonds is 6. The third kappa shape index (κ3) is 4.00. The summed E-state index contributed by atoms with van der Waals surface area (Å²) in [5.41, 5.74) is 5.64. The van der Waals surface area contributed by atoms with Crippen LogP contribution in [0.5, 0.6) is 0 Å². The summed E-state index contributed by atoms with van der Waals surface area (Å²) in [7, 11) is 0. The number of benzene rings is 1. The van der Waals surface area contributed by atoms with Crippen LogP contribution in [-0.4, -0.2) is 23.1 Å². The molecule has 3 N–H and O–H groups in total. The summed E-state index contributed by atoms with van der Waals surface area (Å²) < 4.78 is 21.9. The first-order chi connectivity index (χ1) is 13.8. The number of ether oxygens (including phenoxy) is 1. The van der Waals surface area contributed by atoms with E-state index in [0.29, 0.717) is 15.9 Å². The molecule has 7 nitrogen and oxygen atoms in total. The van der Waals surface area contributed by atoms with Crippen LogP contribution in [0.4, 0.5) is 15.8 Å². The van der Waals surface area contributed by atoms with Crippen LogP contribution in [0.3, 0.4) is 0 Å². The van der Waals surface area contributed by atoms with E-state index in [0.717, 1.165) is 12.8 Å². The van der Waals surface area contributed by atoms with Gasteiger partial charge < -0.3 is 20.4 Å².